The van der Waals surface area contributed by atoms with Gasteiger partial charge >= 0.3 is 6.09 Å². The zero-order chi connectivity index (χ0) is 11.6. The standard InChI is InChI=1S/C4H8N2O2.C3H7NO2/c1-3(5-7)4(2)6-8;1-2-6-3(4)5/h7-8H,1-2H3;2H2,1H3,(H2,4,5)/b5-3+,6-4+;. The molecule has 0 heterocycles. The maximum absolute atomic E-state index is 9.60. The van der Waals surface area contributed by atoms with Gasteiger partial charge in [0.15, 0.2) is 0 Å². The van der Waals surface area contributed by atoms with Crippen LogP contribution in [0.4, 0.5) is 4.79 Å². The molecule has 14 heavy (non-hydrogen) atoms. The number of ether oxygens (including phenoxy) is 1. The molecular weight excluding hydrogens is 190 g/mol. The number of rotatable bonds is 2. The van der Waals surface area contributed by atoms with Gasteiger partial charge in [0.1, 0.15) is 11.4 Å². The quantitative estimate of drug-likeness (QED) is 0.351. The zero-order valence-electron chi connectivity index (χ0n) is 8.39. The van der Waals surface area contributed by atoms with Gasteiger partial charge in [-0.2, -0.15) is 0 Å². The first-order valence-electron chi connectivity index (χ1n) is 3.79. The van der Waals surface area contributed by atoms with Gasteiger partial charge in [-0.05, 0) is 20.8 Å². The van der Waals surface area contributed by atoms with Crippen LogP contribution < -0.4 is 5.73 Å². The lowest BCUT2D eigenvalue weighted by Gasteiger charge is -1.89. The second-order valence-electron chi connectivity index (χ2n) is 2.12. The van der Waals surface area contributed by atoms with Gasteiger partial charge in [-0.25, -0.2) is 4.79 Å². The minimum Gasteiger partial charge on any atom is -0.450 e. The van der Waals surface area contributed by atoms with Crippen molar-refractivity contribution in [2.75, 3.05) is 6.61 Å². The smallest absolute Gasteiger partial charge is 0.404 e. The first kappa shape index (κ1) is 14.7. The highest BCUT2D eigenvalue weighted by Gasteiger charge is 1.93. The Morgan fingerprint density at radius 3 is 1.71 bits per heavy atom. The molecule has 0 bridgehead atoms. The van der Waals surface area contributed by atoms with Crippen molar-refractivity contribution < 1.29 is 19.9 Å². The van der Waals surface area contributed by atoms with E-state index < -0.39 is 6.09 Å². The van der Waals surface area contributed by atoms with E-state index in [0.29, 0.717) is 18.0 Å². The molecule has 7 nitrogen and oxygen atoms in total. The van der Waals surface area contributed by atoms with Crippen LogP contribution in [0.2, 0.25) is 0 Å². The summed E-state index contributed by atoms with van der Waals surface area (Å²) in [6, 6.07) is 0. The molecule has 0 aromatic carbocycles. The molecule has 0 rings (SSSR count). The minimum atomic E-state index is -0.711. The van der Waals surface area contributed by atoms with Gasteiger partial charge in [-0.1, -0.05) is 10.3 Å². The molecule has 7 heteroatoms. The van der Waals surface area contributed by atoms with Crippen LogP contribution >= 0.6 is 0 Å². The summed E-state index contributed by atoms with van der Waals surface area (Å²) in [6.07, 6.45) is -0.711. The van der Waals surface area contributed by atoms with Crippen molar-refractivity contribution in [1.82, 2.24) is 0 Å². The second-order valence-corrected chi connectivity index (χ2v) is 2.12. The Hall–Kier alpha value is -1.79. The summed E-state index contributed by atoms with van der Waals surface area (Å²) >= 11 is 0. The Kier molecular flexibility index (Phi) is 9.78. The molecule has 4 N–H and O–H groups in total. The number of amides is 1. The molecule has 0 aromatic heterocycles. The third-order valence-corrected chi connectivity index (χ3v) is 1.11. The fourth-order valence-electron chi connectivity index (χ4n) is 0.287. The van der Waals surface area contributed by atoms with E-state index in [2.05, 4.69) is 20.8 Å². The second kappa shape index (κ2) is 9.30. The van der Waals surface area contributed by atoms with E-state index in [1.807, 2.05) is 0 Å². The lowest BCUT2D eigenvalue weighted by molar-refractivity contribution is 0.163. The molecule has 0 aromatic rings. The molecule has 0 aliphatic carbocycles. The number of primary amides is 1. The van der Waals surface area contributed by atoms with Gasteiger partial charge in [0.2, 0.25) is 0 Å². The van der Waals surface area contributed by atoms with Crippen LogP contribution in [-0.2, 0) is 4.74 Å². The van der Waals surface area contributed by atoms with Gasteiger partial charge in [0.25, 0.3) is 0 Å². The van der Waals surface area contributed by atoms with Crippen molar-refractivity contribution in [3.8, 4) is 0 Å². The molecule has 1 amide bonds. The van der Waals surface area contributed by atoms with Crippen LogP contribution in [0.3, 0.4) is 0 Å². The Morgan fingerprint density at radius 1 is 1.29 bits per heavy atom. The van der Waals surface area contributed by atoms with Crippen molar-refractivity contribution in [2.45, 2.75) is 20.8 Å². The number of carbonyl (C=O) groups excluding carboxylic acids is 1. The molecule has 0 saturated heterocycles. The van der Waals surface area contributed by atoms with Crippen molar-refractivity contribution >= 4 is 17.5 Å². The van der Waals surface area contributed by atoms with Crippen LogP contribution in [0.25, 0.3) is 0 Å². The van der Waals surface area contributed by atoms with Crippen molar-refractivity contribution in [1.29, 1.82) is 0 Å². The van der Waals surface area contributed by atoms with E-state index in [4.69, 9.17) is 10.4 Å². The van der Waals surface area contributed by atoms with Crippen LogP contribution in [0.5, 0.6) is 0 Å². The SMILES string of the molecule is CC(=N\O)/C(C)=N/O.CCOC(N)=O. The Morgan fingerprint density at radius 2 is 1.64 bits per heavy atom. The molecule has 0 aliphatic heterocycles. The fourth-order valence-corrected chi connectivity index (χ4v) is 0.287. The number of oxime groups is 2. The molecule has 0 spiro atoms. The van der Waals surface area contributed by atoms with E-state index in [9.17, 15) is 4.79 Å². The Balaban J connectivity index is 0. The predicted molar refractivity (Wildman–Crippen MR) is 51.0 cm³/mol. The number of carbonyl (C=O) groups is 1. The maximum Gasteiger partial charge on any atom is 0.404 e. The molecule has 0 aliphatic rings. The van der Waals surface area contributed by atoms with Crippen molar-refractivity contribution in [2.24, 2.45) is 16.0 Å². The minimum absolute atomic E-state index is 0.313. The molecule has 0 atom stereocenters. The van der Waals surface area contributed by atoms with Crippen LogP contribution in [-0.4, -0.2) is 34.5 Å². The number of hydrogen-bond donors (Lipinski definition) is 3. The van der Waals surface area contributed by atoms with Crippen LogP contribution in [0.1, 0.15) is 20.8 Å². The first-order chi connectivity index (χ1) is 6.49. The summed E-state index contributed by atoms with van der Waals surface area (Å²) in [5.41, 5.74) is 5.17. The summed E-state index contributed by atoms with van der Waals surface area (Å²) in [5, 5.41) is 21.6. The molecule has 82 valence electrons. The van der Waals surface area contributed by atoms with Crippen molar-refractivity contribution in [3.05, 3.63) is 0 Å². The highest BCUT2D eigenvalue weighted by molar-refractivity contribution is 6.40. The van der Waals surface area contributed by atoms with E-state index in [1.54, 1.807) is 6.92 Å². The first-order valence-corrected chi connectivity index (χ1v) is 3.79. The van der Waals surface area contributed by atoms with E-state index >= 15 is 0 Å². The van der Waals surface area contributed by atoms with Crippen LogP contribution in [0.15, 0.2) is 10.3 Å². The predicted octanol–water partition coefficient (Wildman–Crippen LogP) is 0.788. The van der Waals surface area contributed by atoms with Gasteiger partial charge in [0.05, 0.1) is 6.61 Å². The number of nitrogens with two attached hydrogens (primary N) is 1. The van der Waals surface area contributed by atoms with Crippen molar-refractivity contribution in [3.63, 3.8) is 0 Å². The van der Waals surface area contributed by atoms with Gasteiger partial charge < -0.3 is 20.9 Å². The van der Waals surface area contributed by atoms with Gasteiger partial charge in [-0.15, -0.1) is 0 Å². The lowest BCUT2D eigenvalue weighted by Crippen LogP contribution is -2.11. The summed E-state index contributed by atoms with van der Waals surface area (Å²) in [7, 11) is 0. The average Bonchev–Trinajstić information content (AvgIpc) is 2.16. The molecule has 0 fully saturated rings. The van der Waals surface area contributed by atoms with E-state index in [1.165, 1.54) is 13.8 Å². The molecule has 0 saturated carbocycles. The monoisotopic (exact) mass is 205 g/mol. The summed E-state index contributed by atoms with van der Waals surface area (Å²) in [4.78, 5) is 9.60. The third kappa shape index (κ3) is 10.2. The molecule has 0 radical (unpaired) electrons. The van der Waals surface area contributed by atoms with E-state index in [-0.39, 0.29) is 0 Å². The largest absolute Gasteiger partial charge is 0.450 e. The number of hydrogen-bond acceptors (Lipinski definition) is 6. The number of nitrogens with zero attached hydrogens (tertiary/aromatic N) is 2. The van der Waals surface area contributed by atoms with Gasteiger partial charge in [0, 0.05) is 0 Å². The molecular formula is C7H15N3O4. The maximum atomic E-state index is 9.60. The normalized spacial score (nSPS) is 11.4. The summed E-state index contributed by atoms with van der Waals surface area (Å²) in [6.45, 7) is 5.13. The Bertz CT molecular complexity index is 209. The highest BCUT2D eigenvalue weighted by atomic mass is 16.5. The van der Waals surface area contributed by atoms with Gasteiger partial charge in [-0.3, -0.25) is 0 Å². The Labute approximate surface area is 81.8 Å². The fraction of sp³-hybridized carbons (Fsp3) is 0.571. The zero-order valence-corrected chi connectivity index (χ0v) is 8.39. The van der Waals surface area contributed by atoms with E-state index in [0.717, 1.165) is 0 Å². The highest BCUT2D eigenvalue weighted by Crippen LogP contribution is 1.79. The molecule has 0 unspecified atom stereocenters. The van der Waals surface area contributed by atoms with Crippen LogP contribution in [0, 0.1) is 0 Å². The average molecular weight is 205 g/mol. The summed E-state index contributed by atoms with van der Waals surface area (Å²) in [5.74, 6) is 0. The topological polar surface area (TPSA) is 118 Å². The lowest BCUT2D eigenvalue weighted by atomic mass is 10.3. The third-order valence-electron chi connectivity index (χ3n) is 1.11. The summed E-state index contributed by atoms with van der Waals surface area (Å²) < 4.78 is 4.18.